The van der Waals surface area contributed by atoms with Crippen LogP contribution in [-0.2, 0) is 7.05 Å². The number of unbranched alkanes of at least 4 members (excludes halogenated alkanes) is 1. The summed E-state index contributed by atoms with van der Waals surface area (Å²) in [6.07, 6.45) is 2.64. The number of hydrogen-bond acceptors (Lipinski definition) is 0. The third kappa shape index (κ3) is 4.07. The minimum atomic E-state index is -0.174. The summed E-state index contributed by atoms with van der Waals surface area (Å²) >= 11 is 0. The minimum Gasteiger partial charge on any atom is -0.206 e. The van der Waals surface area contributed by atoms with Gasteiger partial charge >= 0.3 is 0 Å². The van der Waals surface area contributed by atoms with Gasteiger partial charge in [0.2, 0.25) is 11.2 Å². The van der Waals surface area contributed by atoms with Gasteiger partial charge < -0.3 is 0 Å². The largest absolute Gasteiger partial charge is 0.215 e. The fourth-order valence-electron chi connectivity index (χ4n) is 2.96. The standard InChI is InChI=1S/C19H19FN.C4H10/c1-12-10-13(2)14(3)16(11-12)19-9-8-15-17(20)6-5-7-18(15)21(19)4;1-3-4-2/h5-11H,1-4H3;3-4H2,1-2H3/q+1;. The predicted octanol–water partition coefficient (Wildman–Crippen LogP) is 6.20. The van der Waals surface area contributed by atoms with E-state index in [1.54, 1.807) is 6.07 Å². The predicted molar refractivity (Wildman–Crippen MR) is 105 cm³/mol. The van der Waals surface area contributed by atoms with Crippen molar-refractivity contribution in [2.24, 2.45) is 7.05 Å². The van der Waals surface area contributed by atoms with E-state index in [4.69, 9.17) is 0 Å². The monoisotopic (exact) mass is 338 g/mol. The van der Waals surface area contributed by atoms with Crippen molar-refractivity contribution in [3.05, 3.63) is 65.0 Å². The van der Waals surface area contributed by atoms with Gasteiger partial charge in [0.15, 0.2) is 0 Å². The van der Waals surface area contributed by atoms with Crippen LogP contribution in [0.15, 0.2) is 42.5 Å². The van der Waals surface area contributed by atoms with Gasteiger partial charge in [-0.1, -0.05) is 44.4 Å². The van der Waals surface area contributed by atoms with Crippen LogP contribution in [0.25, 0.3) is 22.2 Å². The van der Waals surface area contributed by atoms with E-state index in [0.717, 1.165) is 11.2 Å². The highest BCUT2D eigenvalue weighted by Gasteiger charge is 2.18. The van der Waals surface area contributed by atoms with Crippen LogP contribution in [0.2, 0.25) is 0 Å². The first-order chi connectivity index (χ1) is 11.9. The Labute approximate surface area is 151 Å². The van der Waals surface area contributed by atoms with Crippen LogP contribution < -0.4 is 4.57 Å². The van der Waals surface area contributed by atoms with Gasteiger partial charge in [0.1, 0.15) is 12.9 Å². The van der Waals surface area contributed by atoms with Crippen molar-refractivity contribution in [1.82, 2.24) is 0 Å². The maximum absolute atomic E-state index is 13.9. The average Bonchev–Trinajstić information content (AvgIpc) is 2.60. The van der Waals surface area contributed by atoms with E-state index >= 15 is 0 Å². The molecule has 0 fully saturated rings. The number of nitrogens with zero attached hydrogens (tertiary/aromatic N) is 1. The number of aromatic nitrogens is 1. The first kappa shape index (κ1) is 19.1. The summed E-state index contributed by atoms with van der Waals surface area (Å²) in [6, 6.07) is 13.5. The number of rotatable bonds is 2. The zero-order valence-corrected chi connectivity index (χ0v) is 16.3. The number of hydrogen-bond donors (Lipinski definition) is 0. The van der Waals surface area contributed by atoms with Crippen LogP contribution in [-0.4, -0.2) is 0 Å². The van der Waals surface area contributed by atoms with E-state index < -0.39 is 0 Å². The fourth-order valence-corrected chi connectivity index (χ4v) is 2.96. The molecule has 3 aromatic rings. The molecule has 2 aromatic carbocycles. The molecule has 0 saturated heterocycles. The molecule has 2 heteroatoms. The number of fused-ring (bicyclic) bond motifs is 1. The summed E-state index contributed by atoms with van der Waals surface area (Å²) in [4.78, 5) is 0. The van der Waals surface area contributed by atoms with Crippen molar-refractivity contribution in [2.75, 3.05) is 0 Å². The van der Waals surface area contributed by atoms with Gasteiger partial charge in [-0.3, -0.25) is 0 Å². The maximum Gasteiger partial charge on any atom is 0.215 e. The van der Waals surface area contributed by atoms with Crippen molar-refractivity contribution < 1.29 is 8.96 Å². The molecule has 3 rings (SSSR count). The Balaban J connectivity index is 0.000000511. The lowest BCUT2D eigenvalue weighted by atomic mass is 9.97. The van der Waals surface area contributed by atoms with Gasteiger partial charge in [-0.15, -0.1) is 0 Å². The van der Waals surface area contributed by atoms with Crippen LogP contribution >= 0.6 is 0 Å². The molecule has 25 heavy (non-hydrogen) atoms. The minimum absolute atomic E-state index is 0.174. The van der Waals surface area contributed by atoms with Crippen LogP contribution in [0, 0.1) is 26.6 Å². The molecule has 0 saturated carbocycles. The number of aryl methyl sites for hydroxylation is 3. The second-order valence-corrected chi connectivity index (χ2v) is 6.70. The smallest absolute Gasteiger partial charge is 0.206 e. The zero-order chi connectivity index (χ0) is 18.6. The Morgan fingerprint density at radius 2 is 1.60 bits per heavy atom. The van der Waals surface area contributed by atoms with Crippen molar-refractivity contribution in [3.63, 3.8) is 0 Å². The second-order valence-electron chi connectivity index (χ2n) is 6.70. The van der Waals surface area contributed by atoms with E-state index in [2.05, 4.69) is 51.3 Å². The van der Waals surface area contributed by atoms with Gasteiger partial charge in [-0.05, 0) is 50.1 Å². The van der Waals surface area contributed by atoms with E-state index in [9.17, 15) is 4.39 Å². The highest BCUT2D eigenvalue weighted by atomic mass is 19.1. The summed E-state index contributed by atoms with van der Waals surface area (Å²) in [7, 11) is 1.99. The lowest BCUT2D eigenvalue weighted by Crippen LogP contribution is -2.32. The Bertz CT molecular complexity index is 879. The van der Waals surface area contributed by atoms with Crippen molar-refractivity contribution in [2.45, 2.75) is 47.5 Å². The molecule has 0 amide bonds. The van der Waals surface area contributed by atoms with Crippen LogP contribution in [0.1, 0.15) is 43.4 Å². The molecule has 0 spiro atoms. The average molecular weight is 338 g/mol. The summed E-state index contributed by atoms with van der Waals surface area (Å²) in [5.74, 6) is -0.174. The van der Waals surface area contributed by atoms with E-state index in [1.807, 2.05) is 25.2 Å². The van der Waals surface area contributed by atoms with E-state index in [-0.39, 0.29) is 5.82 Å². The molecule has 0 aliphatic carbocycles. The first-order valence-electron chi connectivity index (χ1n) is 9.06. The van der Waals surface area contributed by atoms with Gasteiger partial charge in [-0.25, -0.2) is 4.39 Å². The number of halogens is 1. The molecule has 132 valence electrons. The first-order valence-corrected chi connectivity index (χ1v) is 9.06. The summed E-state index contributed by atoms with van der Waals surface area (Å²) in [5.41, 5.74) is 7.02. The SMILES string of the molecule is CCCC.Cc1cc(C)c(C)c(-c2ccc3c(F)cccc3[n+]2C)c1. The van der Waals surface area contributed by atoms with Crippen LogP contribution in [0.3, 0.4) is 0 Å². The van der Waals surface area contributed by atoms with Crippen molar-refractivity contribution >= 4 is 10.9 Å². The summed E-state index contributed by atoms with van der Waals surface area (Å²) in [5, 5.41) is 0.658. The summed E-state index contributed by atoms with van der Waals surface area (Å²) in [6.45, 7) is 10.7. The highest BCUT2D eigenvalue weighted by molar-refractivity contribution is 5.78. The Morgan fingerprint density at radius 3 is 2.24 bits per heavy atom. The quantitative estimate of drug-likeness (QED) is 0.490. The topological polar surface area (TPSA) is 3.88 Å². The molecular weight excluding hydrogens is 309 g/mol. The summed E-state index contributed by atoms with van der Waals surface area (Å²) < 4.78 is 16.0. The molecular formula is C23H29FN+. The highest BCUT2D eigenvalue weighted by Crippen LogP contribution is 2.26. The second kappa shape index (κ2) is 8.24. The molecule has 1 nitrogen and oxygen atoms in total. The van der Waals surface area contributed by atoms with Crippen molar-refractivity contribution in [1.29, 1.82) is 0 Å². The third-order valence-electron chi connectivity index (χ3n) is 4.75. The molecule has 1 aromatic heterocycles. The number of pyridine rings is 1. The molecule has 0 bridgehead atoms. The molecule has 0 aliphatic rings. The third-order valence-corrected chi connectivity index (χ3v) is 4.75. The van der Waals surface area contributed by atoms with Gasteiger partial charge in [-0.2, -0.15) is 4.57 Å². The van der Waals surface area contributed by atoms with Gasteiger partial charge in [0.05, 0.1) is 5.39 Å². The lowest BCUT2D eigenvalue weighted by Gasteiger charge is -2.10. The van der Waals surface area contributed by atoms with E-state index in [1.165, 1.54) is 41.2 Å². The number of benzene rings is 2. The molecule has 1 heterocycles. The van der Waals surface area contributed by atoms with E-state index in [0.29, 0.717) is 5.39 Å². The fraction of sp³-hybridized carbons (Fsp3) is 0.348. The molecule has 0 atom stereocenters. The lowest BCUT2D eigenvalue weighted by molar-refractivity contribution is -0.633. The van der Waals surface area contributed by atoms with Gasteiger partial charge in [0.25, 0.3) is 0 Å². The van der Waals surface area contributed by atoms with Crippen LogP contribution in [0.4, 0.5) is 4.39 Å². The van der Waals surface area contributed by atoms with Crippen LogP contribution in [0.5, 0.6) is 0 Å². The van der Waals surface area contributed by atoms with Gasteiger partial charge in [0, 0.05) is 17.7 Å². The Morgan fingerprint density at radius 1 is 0.920 bits per heavy atom. The molecule has 0 unspecified atom stereocenters. The maximum atomic E-state index is 13.9. The molecule has 0 radical (unpaired) electrons. The zero-order valence-electron chi connectivity index (χ0n) is 16.3. The Hall–Kier alpha value is -2.22. The molecule has 0 aliphatic heterocycles. The van der Waals surface area contributed by atoms with Crippen molar-refractivity contribution in [3.8, 4) is 11.3 Å². The normalized spacial score (nSPS) is 10.5. The Kier molecular flexibility index (Phi) is 6.30. The molecule has 0 N–H and O–H groups in total.